The third-order valence-corrected chi connectivity index (χ3v) is 6.04. The molecule has 0 aromatic carbocycles. The van der Waals surface area contributed by atoms with Crippen LogP contribution in [0.5, 0.6) is 0 Å². The fourth-order valence-electron chi connectivity index (χ4n) is 4.14. The summed E-state index contributed by atoms with van der Waals surface area (Å²) in [6.07, 6.45) is 9.27. The van der Waals surface area contributed by atoms with E-state index in [0.29, 0.717) is 50.1 Å². The lowest BCUT2D eigenvalue weighted by Gasteiger charge is -2.33. The minimum Gasteiger partial charge on any atom is -0.343 e. The van der Waals surface area contributed by atoms with Crippen LogP contribution in [-0.4, -0.2) is 52.2 Å². The van der Waals surface area contributed by atoms with Gasteiger partial charge in [-0.3, -0.25) is 4.79 Å². The van der Waals surface area contributed by atoms with Crippen LogP contribution in [0.15, 0.2) is 4.52 Å². The maximum absolute atomic E-state index is 12.5. The van der Waals surface area contributed by atoms with E-state index < -0.39 is 0 Å². The van der Waals surface area contributed by atoms with Crippen LogP contribution < -0.4 is 10.6 Å². The van der Waals surface area contributed by atoms with Gasteiger partial charge in [-0.25, -0.2) is 4.79 Å². The monoisotopic (exact) mass is 419 g/mol. The number of amides is 3. The number of carbonyl (C=O) groups is 2. The topological polar surface area (TPSA) is 100 Å². The van der Waals surface area contributed by atoms with Crippen molar-refractivity contribution in [2.75, 3.05) is 13.1 Å². The summed E-state index contributed by atoms with van der Waals surface area (Å²) in [5, 5.41) is 10.2. The Morgan fingerprint density at radius 2 is 1.67 bits per heavy atom. The van der Waals surface area contributed by atoms with E-state index in [9.17, 15) is 9.59 Å². The zero-order valence-electron chi connectivity index (χ0n) is 18.7. The van der Waals surface area contributed by atoms with Gasteiger partial charge in [0.2, 0.25) is 11.8 Å². The summed E-state index contributed by atoms with van der Waals surface area (Å²) in [5.74, 6) is 1.46. The highest BCUT2D eigenvalue weighted by Crippen LogP contribution is 2.20. The Hall–Kier alpha value is -2.12. The molecule has 30 heavy (non-hydrogen) atoms. The lowest BCUT2D eigenvalue weighted by Crippen LogP contribution is -2.51. The Bertz CT molecular complexity index is 698. The van der Waals surface area contributed by atoms with Gasteiger partial charge < -0.3 is 20.1 Å². The van der Waals surface area contributed by atoms with E-state index in [4.69, 9.17) is 4.52 Å². The highest BCUT2D eigenvalue weighted by Gasteiger charge is 2.25. The predicted octanol–water partition coefficient (Wildman–Crippen LogP) is 3.31. The van der Waals surface area contributed by atoms with Gasteiger partial charge >= 0.3 is 6.03 Å². The first-order valence-corrected chi connectivity index (χ1v) is 11.5. The molecule has 1 saturated carbocycles. The first-order chi connectivity index (χ1) is 14.3. The Morgan fingerprint density at radius 1 is 1.03 bits per heavy atom. The second-order valence-corrected chi connectivity index (χ2v) is 9.72. The van der Waals surface area contributed by atoms with E-state index in [-0.39, 0.29) is 23.4 Å². The molecule has 1 aliphatic carbocycles. The fourth-order valence-corrected chi connectivity index (χ4v) is 4.14. The van der Waals surface area contributed by atoms with Crippen molar-refractivity contribution in [3.8, 4) is 0 Å². The predicted molar refractivity (Wildman–Crippen MR) is 114 cm³/mol. The standard InChI is InChI=1S/C22H37N5O3/c1-22(2,3)20-25-18(30-26-20)10-7-11-19(28)27-14-12-17(13-15-27)24-21(29)23-16-8-5-4-6-9-16/h16-17H,4-15H2,1-3H3,(H2,23,24,29). The molecule has 1 aromatic heterocycles. The third-order valence-electron chi connectivity index (χ3n) is 6.04. The van der Waals surface area contributed by atoms with Gasteiger partial charge in [0, 0.05) is 43.4 Å². The Labute approximate surface area is 179 Å². The van der Waals surface area contributed by atoms with E-state index >= 15 is 0 Å². The van der Waals surface area contributed by atoms with Crippen molar-refractivity contribution in [2.24, 2.45) is 0 Å². The second-order valence-electron chi connectivity index (χ2n) is 9.72. The summed E-state index contributed by atoms with van der Waals surface area (Å²) in [6.45, 7) is 7.53. The van der Waals surface area contributed by atoms with Gasteiger partial charge in [0.15, 0.2) is 5.82 Å². The van der Waals surface area contributed by atoms with Crippen LogP contribution in [-0.2, 0) is 16.6 Å². The van der Waals surface area contributed by atoms with Crippen molar-refractivity contribution >= 4 is 11.9 Å². The summed E-state index contributed by atoms with van der Waals surface area (Å²) in [5.41, 5.74) is -0.136. The highest BCUT2D eigenvalue weighted by molar-refractivity contribution is 5.76. The first kappa shape index (κ1) is 22.6. The Balaban J connectivity index is 1.32. The average Bonchev–Trinajstić information content (AvgIpc) is 3.19. The van der Waals surface area contributed by atoms with Crippen LogP contribution in [0.2, 0.25) is 0 Å². The summed E-state index contributed by atoms with van der Waals surface area (Å²) in [7, 11) is 0. The molecule has 3 amide bonds. The molecule has 0 unspecified atom stereocenters. The van der Waals surface area contributed by atoms with Crippen LogP contribution in [0.1, 0.15) is 90.3 Å². The van der Waals surface area contributed by atoms with Crippen LogP contribution in [0.4, 0.5) is 4.79 Å². The zero-order chi connectivity index (χ0) is 21.6. The molecule has 8 nitrogen and oxygen atoms in total. The van der Waals surface area contributed by atoms with Crippen molar-refractivity contribution in [2.45, 2.75) is 102 Å². The molecule has 1 aliphatic heterocycles. The first-order valence-electron chi connectivity index (χ1n) is 11.5. The van der Waals surface area contributed by atoms with Crippen molar-refractivity contribution in [1.82, 2.24) is 25.7 Å². The second kappa shape index (κ2) is 10.3. The fraction of sp³-hybridized carbons (Fsp3) is 0.818. The average molecular weight is 420 g/mol. The van der Waals surface area contributed by atoms with Gasteiger partial charge in [-0.15, -0.1) is 0 Å². The lowest BCUT2D eigenvalue weighted by molar-refractivity contribution is -0.132. The molecule has 168 valence electrons. The van der Waals surface area contributed by atoms with Crippen molar-refractivity contribution in [1.29, 1.82) is 0 Å². The van der Waals surface area contributed by atoms with Gasteiger partial charge in [-0.2, -0.15) is 4.98 Å². The van der Waals surface area contributed by atoms with E-state index in [1.54, 1.807) is 0 Å². The zero-order valence-corrected chi connectivity index (χ0v) is 18.7. The van der Waals surface area contributed by atoms with Crippen LogP contribution in [0, 0.1) is 0 Å². The molecule has 1 saturated heterocycles. The minimum atomic E-state index is -0.136. The molecule has 3 rings (SSSR count). The number of urea groups is 1. The minimum absolute atomic E-state index is 0.0548. The normalized spacial score (nSPS) is 19.0. The molecular formula is C22H37N5O3. The van der Waals surface area contributed by atoms with Gasteiger partial charge in [0.25, 0.3) is 0 Å². The van der Waals surface area contributed by atoms with Crippen LogP contribution in [0.3, 0.4) is 0 Å². The van der Waals surface area contributed by atoms with E-state index in [2.05, 4.69) is 20.8 Å². The van der Waals surface area contributed by atoms with Crippen LogP contribution in [0.25, 0.3) is 0 Å². The van der Waals surface area contributed by atoms with E-state index in [1.165, 1.54) is 19.3 Å². The summed E-state index contributed by atoms with van der Waals surface area (Å²) in [6, 6.07) is 0.409. The number of rotatable bonds is 6. The number of aryl methyl sites for hydroxylation is 1. The number of hydrogen-bond acceptors (Lipinski definition) is 5. The third kappa shape index (κ3) is 6.71. The number of carbonyl (C=O) groups excluding carboxylic acids is 2. The maximum atomic E-state index is 12.5. The SMILES string of the molecule is CC(C)(C)c1noc(CCCC(=O)N2CCC(NC(=O)NC3CCCCC3)CC2)n1. The number of nitrogens with one attached hydrogen (secondary N) is 2. The molecule has 2 N–H and O–H groups in total. The molecule has 1 aromatic rings. The molecule has 2 heterocycles. The van der Waals surface area contributed by atoms with Gasteiger partial charge in [0.1, 0.15) is 0 Å². The quantitative estimate of drug-likeness (QED) is 0.737. The van der Waals surface area contributed by atoms with Gasteiger partial charge in [0.05, 0.1) is 0 Å². The van der Waals surface area contributed by atoms with Crippen LogP contribution >= 0.6 is 0 Å². The number of hydrogen-bond donors (Lipinski definition) is 2. The largest absolute Gasteiger partial charge is 0.343 e. The molecule has 2 aliphatic rings. The highest BCUT2D eigenvalue weighted by atomic mass is 16.5. The van der Waals surface area contributed by atoms with E-state index in [0.717, 1.165) is 25.7 Å². The molecule has 0 spiro atoms. The summed E-state index contributed by atoms with van der Waals surface area (Å²) in [4.78, 5) is 31.0. The summed E-state index contributed by atoms with van der Waals surface area (Å²) < 4.78 is 5.29. The lowest BCUT2D eigenvalue weighted by atomic mass is 9.96. The summed E-state index contributed by atoms with van der Waals surface area (Å²) >= 11 is 0. The Kier molecular flexibility index (Phi) is 7.72. The number of aromatic nitrogens is 2. The Morgan fingerprint density at radius 3 is 2.27 bits per heavy atom. The number of piperidine rings is 1. The van der Waals surface area contributed by atoms with Gasteiger partial charge in [-0.05, 0) is 32.1 Å². The van der Waals surface area contributed by atoms with Crippen molar-refractivity contribution in [3.63, 3.8) is 0 Å². The molecular weight excluding hydrogens is 382 g/mol. The number of likely N-dealkylation sites (tertiary alicyclic amines) is 1. The molecule has 0 atom stereocenters. The molecule has 0 bridgehead atoms. The molecule has 8 heteroatoms. The van der Waals surface area contributed by atoms with Crippen molar-refractivity contribution in [3.05, 3.63) is 11.7 Å². The molecule has 0 radical (unpaired) electrons. The maximum Gasteiger partial charge on any atom is 0.315 e. The van der Waals surface area contributed by atoms with Gasteiger partial charge in [-0.1, -0.05) is 45.2 Å². The van der Waals surface area contributed by atoms with E-state index in [1.807, 2.05) is 25.7 Å². The van der Waals surface area contributed by atoms with Crippen molar-refractivity contribution < 1.29 is 14.1 Å². The smallest absolute Gasteiger partial charge is 0.315 e. The number of nitrogens with zero attached hydrogens (tertiary/aromatic N) is 3. The molecule has 2 fully saturated rings.